The van der Waals surface area contributed by atoms with Gasteiger partial charge in [0.25, 0.3) is 10.1 Å². The molecule has 0 aliphatic rings. The first-order chi connectivity index (χ1) is 10.9. The monoisotopic (exact) mass is 390 g/mol. The molecule has 0 fully saturated rings. The number of carbonyl (C=O) groups is 1. The largest absolute Gasteiger partial charge is 1.00 e. The van der Waals surface area contributed by atoms with Crippen molar-refractivity contribution in [3.8, 4) is 0 Å². The molecule has 0 spiro atoms. The summed E-state index contributed by atoms with van der Waals surface area (Å²) in [7, 11) is -3.24. The summed E-state index contributed by atoms with van der Waals surface area (Å²) in [6, 6.07) is 0. The maximum Gasteiger partial charge on any atom is 1.00 e. The first kappa shape index (κ1) is 27.2. The van der Waals surface area contributed by atoms with Gasteiger partial charge in [-0.05, 0) is 6.42 Å². The van der Waals surface area contributed by atoms with Crippen LogP contribution in [0.2, 0.25) is 0 Å². The Bertz CT molecular complexity index is 404. The van der Waals surface area contributed by atoms with Crippen LogP contribution in [0.25, 0.3) is 0 Å². The molecule has 0 aliphatic heterocycles. The zero-order chi connectivity index (χ0) is 17.6. The van der Waals surface area contributed by atoms with Crippen molar-refractivity contribution in [1.29, 1.82) is 0 Å². The van der Waals surface area contributed by atoms with Gasteiger partial charge in [-0.1, -0.05) is 84.0 Å². The van der Waals surface area contributed by atoms with E-state index in [2.05, 4.69) is 11.7 Å². The van der Waals surface area contributed by atoms with Crippen LogP contribution in [0, 0.1) is 0 Å². The summed E-state index contributed by atoms with van der Waals surface area (Å²) in [5.74, 6) is -0.879. The molecule has 0 bridgehead atoms. The molecule has 0 rings (SSSR count). The van der Waals surface area contributed by atoms with E-state index in [1.165, 1.54) is 51.4 Å². The average molecular weight is 391 g/mol. The van der Waals surface area contributed by atoms with Crippen LogP contribution < -0.4 is 51.4 Å². The van der Waals surface area contributed by atoms with Gasteiger partial charge in [0.05, 0.1) is 7.11 Å². The van der Waals surface area contributed by atoms with E-state index in [0.717, 1.165) is 26.4 Å². The summed E-state index contributed by atoms with van der Waals surface area (Å²) in [6.07, 6.45) is 14.2. The summed E-state index contributed by atoms with van der Waals surface area (Å²) < 4.78 is 35.7. The van der Waals surface area contributed by atoms with Crippen molar-refractivity contribution in [1.82, 2.24) is 0 Å². The maximum absolute atomic E-state index is 11.3. The predicted molar refractivity (Wildman–Crippen MR) is 94.2 cm³/mol. The fourth-order valence-corrected chi connectivity index (χ4v) is 3.49. The predicted octanol–water partition coefficient (Wildman–Crippen LogP) is 1.62. The second-order valence-corrected chi connectivity index (χ2v) is 7.80. The summed E-state index contributed by atoms with van der Waals surface area (Å²) in [6.45, 7) is 2.23. The van der Waals surface area contributed by atoms with Crippen LogP contribution in [0.1, 0.15) is 91.8 Å². The molecule has 0 aromatic carbocycles. The SMILES string of the molecule is CCCCCCCCCCCCCCC(C(=O)OC)S(=O)(=O)O.[H-].[K+]. The molecule has 0 saturated heterocycles. The van der Waals surface area contributed by atoms with Gasteiger partial charge >= 0.3 is 57.4 Å². The summed E-state index contributed by atoms with van der Waals surface area (Å²) in [5.41, 5.74) is 0. The van der Waals surface area contributed by atoms with E-state index in [4.69, 9.17) is 4.55 Å². The van der Waals surface area contributed by atoms with Crippen LogP contribution >= 0.6 is 0 Å². The van der Waals surface area contributed by atoms with E-state index in [9.17, 15) is 13.2 Å². The van der Waals surface area contributed by atoms with Gasteiger partial charge in [0.15, 0.2) is 5.25 Å². The van der Waals surface area contributed by atoms with Gasteiger partial charge in [-0.25, -0.2) is 0 Å². The fraction of sp³-hybridized carbons (Fsp3) is 0.941. The molecule has 0 radical (unpaired) electrons. The molecule has 0 amide bonds. The van der Waals surface area contributed by atoms with Crippen LogP contribution in [-0.4, -0.2) is 31.3 Å². The molecular formula is C17H35KO5S. The van der Waals surface area contributed by atoms with Gasteiger partial charge in [-0.3, -0.25) is 9.35 Å². The molecular weight excluding hydrogens is 355 g/mol. The van der Waals surface area contributed by atoms with E-state index in [-0.39, 0.29) is 59.2 Å². The van der Waals surface area contributed by atoms with Crippen molar-refractivity contribution in [2.75, 3.05) is 7.11 Å². The van der Waals surface area contributed by atoms with E-state index in [1.54, 1.807) is 0 Å². The molecule has 1 atom stereocenters. The van der Waals surface area contributed by atoms with Crippen molar-refractivity contribution in [3.63, 3.8) is 0 Å². The number of unbranched alkanes of at least 4 members (excludes halogenated alkanes) is 11. The fourth-order valence-electron chi connectivity index (χ4n) is 2.69. The number of carbonyl (C=O) groups excluding carboxylic acids is 1. The third kappa shape index (κ3) is 15.3. The van der Waals surface area contributed by atoms with Gasteiger partial charge in [0.2, 0.25) is 0 Å². The normalized spacial score (nSPS) is 12.5. The summed E-state index contributed by atoms with van der Waals surface area (Å²) >= 11 is 0. The zero-order valence-corrected chi connectivity index (χ0v) is 19.7. The third-order valence-electron chi connectivity index (χ3n) is 4.14. The minimum absolute atomic E-state index is 0. The van der Waals surface area contributed by atoms with Crippen LogP contribution in [0.3, 0.4) is 0 Å². The molecule has 1 N–H and O–H groups in total. The second-order valence-electron chi connectivity index (χ2n) is 6.20. The number of hydrogen-bond donors (Lipinski definition) is 1. The number of methoxy groups -OCH3 is 1. The van der Waals surface area contributed by atoms with Crippen molar-refractivity contribution in [3.05, 3.63) is 0 Å². The van der Waals surface area contributed by atoms with Gasteiger partial charge in [-0.2, -0.15) is 8.42 Å². The maximum atomic E-state index is 11.3. The molecule has 0 aromatic heterocycles. The van der Waals surface area contributed by atoms with E-state index in [0.29, 0.717) is 6.42 Å². The molecule has 24 heavy (non-hydrogen) atoms. The van der Waals surface area contributed by atoms with Crippen molar-refractivity contribution < 1.29 is 75.3 Å². The first-order valence-electron chi connectivity index (χ1n) is 8.97. The minimum atomic E-state index is -4.37. The molecule has 0 aliphatic carbocycles. The number of ether oxygens (including phenoxy) is 1. The molecule has 1 unspecified atom stereocenters. The Balaban J connectivity index is -0.00000242. The Morgan fingerprint density at radius 1 is 0.917 bits per heavy atom. The quantitative estimate of drug-likeness (QED) is 0.199. The zero-order valence-electron chi connectivity index (χ0n) is 16.8. The van der Waals surface area contributed by atoms with Crippen LogP contribution in [0.5, 0.6) is 0 Å². The molecule has 140 valence electrons. The average Bonchev–Trinajstić information content (AvgIpc) is 2.50. The Hall–Kier alpha value is 1.02. The molecule has 7 heteroatoms. The van der Waals surface area contributed by atoms with Gasteiger partial charge in [0.1, 0.15) is 0 Å². The van der Waals surface area contributed by atoms with Crippen molar-refractivity contribution >= 4 is 16.1 Å². The molecule has 0 saturated carbocycles. The first-order valence-corrected chi connectivity index (χ1v) is 10.5. The Labute approximate surface area is 192 Å². The number of rotatable bonds is 15. The van der Waals surface area contributed by atoms with E-state index < -0.39 is 21.3 Å². The Morgan fingerprint density at radius 2 is 1.29 bits per heavy atom. The molecule has 0 aromatic rings. The van der Waals surface area contributed by atoms with E-state index >= 15 is 0 Å². The van der Waals surface area contributed by atoms with Gasteiger partial charge in [-0.15, -0.1) is 0 Å². The van der Waals surface area contributed by atoms with Crippen LogP contribution in [0.4, 0.5) is 0 Å². The summed E-state index contributed by atoms with van der Waals surface area (Å²) in [4.78, 5) is 11.3. The third-order valence-corrected chi connectivity index (χ3v) is 5.29. The molecule has 0 heterocycles. The van der Waals surface area contributed by atoms with Crippen LogP contribution in [0.15, 0.2) is 0 Å². The topological polar surface area (TPSA) is 80.7 Å². The summed E-state index contributed by atoms with van der Waals surface area (Å²) in [5, 5.41) is -1.43. The van der Waals surface area contributed by atoms with E-state index in [1.807, 2.05) is 0 Å². The van der Waals surface area contributed by atoms with Crippen molar-refractivity contribution in [2.45, 2.75) is 95.6 Å². The number of esters is 1. The van der Waals surface area contributed by atoms with Crippen LogP contribution in [-0.2, 0) is 19.6 Å². The smallest absolute Gasteiger partial charge is 1.00 e. The standard InChI is InChI=1S/C17H34O5S.K.H/c1-3-4-5-6-7-8-9-10-11-12-13-14-15-16(17(18)22-2)23(19,20)21;;/h16H,3-15H2,1-2H3,(H,19,20,21);;/q;+1;-1. The molecule has 5 nitrogen and oxygen atoms in total. The minimum Gasteiger partial charge on any atom is -1.00 e. The number of hydrogen-bond acceptors (Lipinski definition) is 4. The second kappa shape index (κ2) is 17.4. The van der Waals surface area contributed by atoms with Crippen molar-refractivity contribution in [2.24, 2.45) is 0 Å². The Morgan fingerprint density at radius 3 is 1.62 bits per heavy atom. The van der Waals surface area contributed by atoms with Gasteiger partial charge < -0.3 is 6.16 Å². The van der Waals surface area contributed by atoms with Gasteiger partial charge in [0, 0.05) is 0 Å². The Kier molecular flexibility index (Phi) is 19.8.